The molecule has 3 atom stereocenters. The maximum Gasteiger partial charge on any atom is 0.410 e. The second kappa shape index (κ2) is 15.5. The Morgan fingerprint density at radius 1 is 0.895 bits per heavy atom. The monoisotopic (exact) mass is 783 g/mol. The Hall–Kier alpha value is -5.95. The number of nitrogens with zero attached hydrogens (tertiary/aromatic N) is 4. The molecule has 2 aliphatic heterocycles. The lowest BCUT2D eigenvalue weighted by atomic mass is 9.99. The van der Waals surface area contributed by atoms with Gasteiger partial charge in [-0.15, -0.1) is 0 Å². The Balaban J connectivity index is 0.984. The summed E-state index contributed by atoms with van der Waals surface area (Å²) in [6.07, 6.45) is 3.31. The van der Waals surface area contributed by atoms with Crippen molar-refractivity contribution in [1.29, 1.82) is 0 Å². The van der Waals surface area contributed by atoms with Crippen LogP contribution < -0.4 is 5.32 Å². The van der Waals surface area contributed by atoms with Gasteiger partial charge in [-0.2, -0.15) is 0 Å². The van der Waals surface area contributed by atoms with E-state index in [1.54, 1.807) is 4.90 Å². The van der Waals surface area contributed by atoms with Crippen LogP contribution in [0.1, 0.15) is 56.0 Å². The predicted molar refractivity (Wildman–Crippen MR) is 223 cm³/mol. The van der Waals surface area contributed by atoms with Gasteiger partial charge < -0.3 is 29.7 Å². The van der Waals surface area contributed by atoms with E-state index >= 15 is 0 Å². The molecule has 2 aliphatic rings. The molecule has 0 bridgehead atoms. The van der Waals surface area contributed by atoms with E-state index in [1.165, 1.54) is 7.11 Å². The largest absolute Gasteiger partial charge is 0.453 e. The number of aromatic nitrogens is 4. The quantitative estimate of drug-likeness (QED) is 0.124. The highest BCUT2D eigenvalue weighted by molar-refractivity contribution is 6.78. The zero-order valence-corrected chi connectivity index (χ0v) is 34.0. The smallest absolute Gasteiger partial charge is 0.410 e. The summed E-state index contributed by atoms with van der Waals surface area (Å²) >= 11 is 0. The van der Waals surface area contributed by atoms with Crippen molar-refractivity contribution in [2.24, 2.45) is 5.92 Å². The van der Waals surface area contributed by atoms with Crippen LogP contribution in [-0.4, -0.2) is 81.8 Å². The third-order valence-corrected chi connectivity index (χ3v) is 14.0. The summed E-state index contributed by atoms with van der Waals surface area (Å²) in [5, 5.41) is 4.90. The standard InChI is InChI=1S/C44H49N7O5Si/c1-27(2)38(49-43(53)55-3)42(52)51-26-57(4,5)25-37(51)41-46-34-20-18-32-22-31(17-19-33(32)39(34)48-41)29-13-15-30(16-14-29)35-23-45-40(47-35)36-12-9-21-50(36)44(54)56-24-28-10-7-6-8-11-28/h6-8,10-11,13-20,22-23,27,36-38H,9,12,21,24-26H2,1-5H3,(H,45,47)(H,46,48)(H,49,53)/t36-,37-,38-/m0/s1. The number of imidazole rings is 2. The summed E-state index contributed by atoms with van der Waals surface area (Å²) in [5.41, 5.74) is 6.83. The summed E-state index contributed by atoms with van der Waals surface area (Å²) in [7, 11) is -0.454. The van der Waals surface area contributed by atoms with Crippen LogP contribution in [0.25, 0.3) is 44.2 Å². The number of nitrogens with one attached hydrogen (secondary N) is 3. The molecular weight excluding hydrogens is 735 g/mol. The minimum Gasteiger partial charge on any atom is -0.453 e. The van der Waals surface area contributed by atoms with Gasteiger partial charge in [-0.3, -0.25) is 9.69 Å². The molecular formula is C44H49N7O5Si. The number of alkyl carbamates (subject to hydrolysis) is 1. The number of aromatic amines is 2. The van der Waals surface area contributed by atoms with Gasteiger partial charge in [0.05, 0.1) is 50.2 Å². The zero-order valence-electron chi connectivity index (χ0n) is 33.0. The fraction of sp³-hybridized carbons (Fsp3) is 0.341. The van der Waals surface area contributed by atoms with Gasteiger partial charge in [-0.25, -0.2) is 19.6 Å². The number of benzene rings is 4. The number of likely N-dealkylation sites (tertiary alicyclic amines) is 1. The summed E-state index contributed by atoms with van der Waals surface area (Å²) in [6, 6.07) is 28.5. The number of methoxy groups -OCH3 is 1. The Morgan fingerprint density at radius 3 is 2.40 bits per heavy atom. The Labute approximate surface area is 333 Å². The lowest BCUT2D eigenvalue weighted by molar-refractivity contribution is -0.135. The topological polar surface area (TPSA) is 146 Å². The molecule has 3 amide bonds. The van der Waals surface area contributed by atoms with E-state index in [1.807, 2.05) is 61.3 Å². The number of H-pyrrole nitrogens is 2. The van der Waals surface area contributed by atoms with E-state index < -0.39 is 20.2 Å². The molecule has 6 aromatic rings. The van der Waals surface area contributed by atoms with Crippen LogP contribution >= 0.6 is 0 Å². The molecule has 12 nitrogen and oxygen atoms in total. The molecule has 2 aromatic heterocycles. The van der Waals surface area contributed by atoms with E-state index in [4.69, 9.17) is 14.5 Å². The summed E-state index contributed by atoms with van der Waals surface area (Å²) in [4.78, 5) is 59.6. The zero-order chi connectivity index (χ0) is 39.8. The van der Waals surface area contributed by atoms with Crippen LogP contribution in [0.3, 0.4) is 0 Å². The van der Waals surface area contributed by atoms with Gasteiger partial charge in [0.15, 0.2) is 0 Å². The molecule has 4 heterocycles. The Bertz CT molecular complexity index is 2430. The van der Waals surface area contributed by atoms with Crippen molar-refractivity contribution in [3.8, 4) is 22.4 Å². The van der Waals surface area contributed by atoms with Gasteiger partial charge >= 0.3 is 12.2 Å². The van der Waals surface area contributed by atoms with Crippen LogP contribution in [0.5, 0.6) is 0 Å². The van der Waals surface area contributed by atoms with Crippen molar-refractivity contribution in [2.45, 2.75) is 70.6 Å². The van der Waals surface area contributed by atoms with Crippen LogP contribution in [0.4, 0.5) is 9.59 Å². The summed E-state index contributed by atoms with van der Waals surface area (Å²) < 4.78 is 10.5. The molecule has 2 saturated heterocycles. The minimum absolute atomic E-state index is 0.107. The predicted octanol–water partition coefficient (Wildman–Crippen LogP) is 8.76. The number of hydrogen-bond acceptors (Lipinski definition) is 7. The van der Waals surface area contributed by atoms with Crippen LogP contribution in [0, 0.1) is 5.92 Å². The van der Waals surface area contributed by atoms with Crippen molar-refractivity contribution < 1.29 is 23.9 Å². The van der Waals surface area contributed by atoms with Gasteiger partial charge in [0.1, 0.15) is 24.3 Å². The van der Waals surface area contributed by atoms with Crippen molar-refractivity contribution in [3.05, 3.63) is 108 Å². The fourth-order valence-electron chi connectivity index (χ4n) is 8.36. The van der Waals surface area contributed by atoms with E-state index in [0.717, 1.165) is 80.3 Å². The SMILES string of the molecule is COC(=O)N[C@H](C(=O)N1C[Si](C)(C)C[C@H]1c1nc2ccc3cc(-c4ccc(-c5cnc([C@@H]6CCCN6C(=O)OCc6ccccc6)[nH]5)cc4)ccc3c2[nH]1)C(C)C. The average molecular weight is 784 g/mol. The number of carbonyl (C=O) groups is 3. The number of amides is 3. The molecule has 2 fully saturated rings. The van der Waals surface area contributed by atoms with Gasteiger partial charge in [0, 0.05) is 18.1 Å². The van der Waals surface area contributed by atoms with Gasteiger partial charge in [0.25, 0.3) is 0 Å². The third-order valence-electron chi connectivity index (χ3n) is 11.3. The van der Waals surface area contributed by atoms with Crippen molar-refractivity contribution in [2.75, 3.05) is 19.8 Å². The van der Waals surface area contributed by atoms with Crippen LogP contribution in [-0.2, 0) is 20.9 Å². The van der Waals surface area contributed by atoms with Crippen molar-refractivity contribution >= 4 is 48.0 Å². The molecule has 57 heavy (non-hydrogen) atoms. The highest BCUT2D eigenvalue weighted by Crippen LogP contribution is 2.39. The molecule has 0 radical (unpaired) electrons. The summed E-state index contributed by atoms with van der Waals surface area (Å²) in [5.74, 6) is 1.32. The molecule has 294 valence electrons. The molecule has 4 aromatic carbocycles. The Kier molecular flexibility index (Phi) is 10.3. The maximum absolute atomic E-state index is 14.0. The lowest BCUT2D eigenvalue weighted by Gasteiger charge is -2.30. The first-order valence-corrected chi connectivity index (χ1v) is 23.1. The van der Waals surface area contributed by atoms with Gasteiger partial charge in [-0.1, -0.05) is 99.7 Å². The number of hydrogen-bond donors (Lipinski definition) is 3. The number of fused-ring (bicyclic) bond motifs is 3. The highest BCUT2D eigenvalue weighted by atomic mass is 28.3. The molecule has 13 heteroatoms. The van der Waals surface area contributed by atoms with Gasteiger partial charge in [-0.05, 0) is 64.6 Å². The van der Waals surface area contributed by atoms with Crippen molar-refractivity contribution in [3.63, 3.8) is 0 Å². The number of ether oxygens (including phenoxy) is 2. The first-order chi connectivity index (χ1) is 27.5. The maximum atomic E-state index is 14.0. The lowest BCUT2D eigenvalue weighted by Crippen LogP contribution is -2.52. The third kappa shape index (κ3) is 7.76. The first kappa shape index (κ1) is 37.9. The fourth-order valence-corrected chi connectivity index (χ4v) is 11.2. The van der Waals surface area contributed by atoms with Crippen molar-refractivity contribution in [1.82, 2.24) is 35.1 Å². The van der Waals surface area contributed by atoms with Crippen LogP contribution in [0.15, 0.2) is 91.1 Å². The minimum atomic E-state index is -1.76. The average Bonchev–Trinajstić information content (AvgIpc) is 4.04. The van der Waals surface area contributed by atoms with Gasteiger partial charge in [0.2, 0.25) is 5.91 Å². The van der Waals surface area contributed by atoms with E-state index in [9.17, 15) is 14.4 Å². The second-order valence-electron chi connectivity index (χ2n) is 16.4. The molecule has 3 N–H and O–H groups in total. The van der Waals surface area contributed by atoms with E-state index in [2.05, 4.69) is 81.9 Å². The van der Waals surface area contributed by atoms with E-state index in [-0.39, 0.29) is 36.6 Å². The molecule has 0 aliphatic carbocycles. The highest BCUT2D eigenvalue weighted by Gasteiger charge is 2.46. The first-order valence-electron chi connectivity index (χ1n) is 19.7. The normalized spacial score (nSPS) is 18.4. The second-order valence-corrected chi connectivity index (χ2v) is 21.4. The molecule has 0 saturated carbocycles. The number of carbonyl (C=O) groups excluding carboxylic acids is 3. The molecule has 0 unspecified atom stereocenters. The number of rotatable bonds is 9. The summed E-state index contributed by atoms with van der Waals surface area (Å²) in [6.45, 7) is 9.32. The molecule has 0 spiro atoms. The molecule has 8 rings (SSSR count). The van der Waals surface area contributed by atoms with E-state index in [0.29, 0.717) is 12.7 Å². The Morgan fingerprint density at radius 2 is 1.65 bits per heavy atom. The van der Waals surface area contributed by atoms with Crippen LogP contribution in [0.2, 0.25) is 19.1 Å².